The number of para-hydroxylation sites is 1. The lowest BCUT2D eigenvalue weighted by atomic mass is 10.2. The smallest absolute Gasteiger partial charge is 0.152 e. The molecule has 0 radical (unpaired) electrons. The molecule has 1 aromatic heterocycles. The van der Waals surface area contributed by atoms with Crippen LogP contribution in [0.1, 0.15) is 15.9 Å². The third-order valence-electron chi connectivity index (χ3n) is 3.36. The van der Waals surface area contributed by atoms with Crippen molar-refractivity contribution in [3.63, 3.8) is 0 Å². The largest absolute Gasteiger partial charge is 0.487 e. The molecule has 0 aliphatic rings. The molecular weight excluding hydrogens is 250 g/mol. The Morgan fingerprint density at radius 2 is 1.90 bits per heavy atom. The van der Waals surface area contributed by atoms with Gasteiger partial charge in [-0.25, -0.2) is 0 Å². The standard InChI is InChI=1S/C17H15NO2/c1-18-10-14(11-19)15-8-5-9-16(17(15)18)20-12-13-6-3-2-4-7-13/h2-11H,12H2,1H3. The van der Waals surface area contributed by atoms with Crippen molar-refractivity contribution in [1.82, 2.24) is 4.57 Å². The average Bonchev–Trinajstić information content (AvgIpc) is 2.83. The maximum absolute atomic E-state index is 11.1. The minimum absolute atomic E-state index is 0.515. The van der Waals surface area contributed by atoms with Crippen LogP contribution in [0.2, 0.25) is 0 Å². The second kappa shape index (κ2) is 5.21. The Kier molecular flexibility index (Phi) is 3.25. The second-order valence-corrected chi connectivity index (χ2v) is 4.74. The van der Waals surface area contributed by atoms with Gasteiger partial charge in [0.2, 0.25) is 0 Å². The van der Waals surface area contributed by atoms with Crippen molar-refractivity contribution in [2.24, 2.45) is 7.05 Å². The molecule has 0 saturated heterocycles. The number of aldehydes is 1. The molecule has 2 aromatic carbocycles. The van der Waals surface area contributed by atoms with Crippen LogP contribution >= 0.6 is 0 Å². The number of hydrogen-bond acceptors (Lipinski definition) is 2. The number of aryl methyl sites for hydroxylation is 1. The van der Waals surface area contributed by atoms with Crippen LogP contribution in [0.3, 0.4) is 0 Å². The molecule has 3 rings (SSSR count). The summed E-state index contributed by atoms with van der Waals surface area (Å²) in [6, 6.07) is 15.8. The molecular formula is C17H15NO2. The highest BCUT2D eigenvalue weighted by molar-refractivity contribution is 6.00. The van der Waals surface area contributed by atoms with Crippen LogP contribution in [0.25, 0.3) is 10.9 Å². The molecule has 0 unspecified atom stereocenters. The predicted molar refractivity (Wildman–Crippen MR) is 79.1 cm³/mol. The molecule has 20 heavy (non-hydrogen) atoms. The topological polar surface area (TPSA) is 31.2 Å². The second-order valence-electron chi connectivity index (χ2n) is 4.74. The summed E-state index contributed by atoms with van der Waals surface area (Å²) in [4.78, 5) is 11.1. The normalized spacial score (nSPS) is 10.7. The van der Waals surface area contributed by atoms with E-state index in [1.165, 1.54) is 0 Å². The van der Waals surface area contributed by atoms with E-state index in [9.17, 15) is 4.79 Å². The Morgan fingerprint density at radius 1 is 1.10 bits per heavy atom. The van der Waals surface area contributed by atoms with Crippen molar-refractivity contribution in [2.45, 2.75) is 6.61 Å². The SMILES string of the molecule is Cn1cc(C=O)c2cccc(OCc3ccccc3)c21. The van der Waals surface area contributed by atoms with Gasteiger partial charge in [-0.05, 0) is 11.6 Å². The van der Waals surface area contributed by atoms with Gasteiger partial charge in [-0.2, -0.15) is 0 Å². The Balaban J connectivity index is 1.96. The van der Waals surface area contributed by atoms with Gasteiger partial charge in [0.15, 0.2) is 6.29 Å². The van der Waals surface area contributed by atoms with Gasteiger partial charge >= 0.3 is 0 Å². The zero-order valence-electron chi connectivity index (χ0n) is 11.2. The molecule has 0 bridgehead atoms. The Bertz CT molecular complexity index is 744. The Hall–Kier alpha value is -2.55. The van der Waals surface area contributed by atoms with E-state index in [1.54, 1.807) is 0 Å². The van der Waals surface area contributed by atoms with Crippen molar-refractivity contribution in [3.05, 3.63) is 65.9 Å². The van der Waals surface area contributed by atoms with Crippen molar-refractivity contribution in [2.75, 3.05) is 0 Å². The van der Waals surface area contributed by atoms with Gasteiger partial charge in [0.05, 0.1) is 5.52 Å². The maximum Gasteiger partial charge on any atom is 0.152 e. The summed E-state index contributed by atoms with van der Waals surface area (Å²) in [5.74, 6) is 0.793. The van der Waals surface area contributed by atoms with E-state index in [1.807, 2.05) is 66.3 Å². The summed E-state index contributed by atoms with van der Waals surface area (Å²) in [6.45, 7) is 0.515. The first kappa shape index (κ1) is 12.5. The first-order chi connectivity index (χ1) is 9.79. The monoisotopic (exact) mass is 265 g/mol. The quantitative estimate of drug-likeness (QED) is 0.675. The van der Waals surface area contributed by atoms with Crippen LogP contribution in [0.15, 0.2) is 54.7 Å². The van der Waals surface area contributed by atoms with Gasteiger partial charge in [-0.3, -0.25) is 4.79 Å². The van der Waals surface area contributed by atoms with Gasteiger partial charge in [-0.15, -0.1) is 0 Å². The third-order valence-corrected chi connectivity index (χ3v) is 3.36. The number of benzene rings is 2. The minimum Gasteiger partial charge on any atom is -0.487 e. The molecule has 0 N–H and O–H groups in total. The van der Waals surface area contributed by atoms with Crippen LogP contribution in [-0.2, 0) is 13.7 Å². The summed E-state index contributed by atoms with van der Waals surface area (Å²) in [5, 5.41) is 0.924. The molecule has 100 valence electrons. The third kappa shape index (κ3) is 2.18. The summed E-state index contributed by atoms with van der Waals surface area (Å²) in [5.41, 5.74) is 2.76. The van der Waals surface area contributed by atoms with E-state index in [0.717, 1.165) is 28.5 Å². The number of rotatable bonds is 4. The lowest BCUT2D eigenvalue weighted by Gasteiger charge is -2.09. The molecule has 3 aromatic rings. The van der Waals surface area contributed by atoms with Crippen molar-refractivity contribution in [1.29, 1.82) is 0 Å². The van der Waals surface area contributed by atoms with Gasteiger partial charge in [0, 0.05) is 24.2 Å². The summed E-state index contributed by atoms with van der Waals surface area (Å²) < 4.78 is 7.84. The fourth-order valence-electron chi connectivity index (χ4n) is 2.41. The predicted octanol–water partition coefficient (Wildman–Crippen LogP) is 3.57. The van der Waals surface area contributed by atoms with E-state index in [0.29, 0.717) is 12.2 Å². The molecule has 0 atom stereocenters. The fraction of sp³-hybridized carbons (Fsp3) is 0.118. The molecule has 3 nitrogen and oxygen atoms in total. The van der Waals surface area contributed by atoms with Crippen LogP contribution in [0.5, 0.6) is 5.75 Å². The van der Waals surface area contributed by atoms with Gasteiger partial charge in [0.1, 0.15) is 12.4 Å². The number of carbonyl (C=O) groups is 1. The van der Waals surface area contributed by atoms with Gasteiger partial charge in [-0.1, -0.05) is 42.5 Å². The molecule has 0 aliphatic carbocycles. The number of nitrogens with zero attached hydrogens (tertiary/aromatic N) is 1. The van der Waals surface area contributed by atoms with E-state index < -0.39 is 0 Å². The number of fused-ring (bicyclic) bond motifs is 1. The van der Waals surface area contributed by atoms with Crippen LogP contribution in [0, 0.1) is 0 Å². The number of aromatic nitrogens is 1. The number of ether oxygens (including phenoxy) is 1. The molecule has 0 fully saturated rings. The Labute approximate surface area is 117 Å². The fourth-order valence-corrected chi connectivity index (χ4v) is 2.41. The van der Waals surface area contributed by atoms with Crippen molar-refractivity contribution >= 4 is 17.2 Å². The Morgan fingerprint density at radius 3 is 2.65 bits per heavy atom. The van der Waals surface area contributed by atoms with Crippen LogP contribution in [0.4, 0.5) is 0 Å². The average molecular weight is 265 g/mol. The van der Waals surface area contributed by atoms with Crippen molar-refractivity contribution < 1.29 is 9.53 Å². The molecule has 0 amide bonds. The molecule has 1 heterocycles. The van der Waals surface area contributed by atoms with Gasteiger partial charge < -0.3 is 9.30 Å². The first-order valence-electron chi connectivity index (χ1n) is 6.49. The van der Waals surface area contributed by atoms with E-state index in [2.05, 4.69) is 0 Å². The lowest BCUT2D eigenvalue weighted by molar-refractivity contribution is 0.112. The van der Waals surface area contributed by atoms with Crippen molar-refractivity contribution in [3.8, 4) is 5.75 Å². The van der Waals surface area contributed by atoms with Crippen LogP contribution in [-0.4, -0.2) is 10.9 Å². The highest BCUT2D eigenvalue weighted by Crippen LogP contribution is 2.29. The lowest BCUT2D eigenvalue weighted by Crippen LogP contribution is -1.97. The minimum atomic E-state index is 0.515. The van der Waals surface area contributed by atoms with E-state index in [4.69, 9.17) is 4.74 Å². The highest BCUT2D eigenvalue weighted by Gasteiger charge is 2.10. The molecule has 3 heteroatoms. The molecule has 0 aliphatic heterocycles. The first-order valence-corrected chi connectivity index (χ1v) is 6.49. The zero-order chi connectivity index (χ0) is 13.9. The van der Waals surface area contributed by atoms with E-state index >= 15 is 0 Å². The summed E-state index contributed by atoms with van der Waals surface area (Å²) >= 11 is 0. The molecule has 0 spiro atoms. The summed E-state index contributed by atoms with van der Waals surface area (Å²) in [7, 11) is 1.92. The number of carbonyl (C=O) groups excluding carboxylic acids is 1. The van der Waals surface area contributed by atoms with Gasteiger partial charge in [0.25, 0.3) is 0 Å². The number of hydrogen-bond donors (Lipinski definition) is 0. The summed E-state index contributed by atoms with van der Waals surface area (Å²) in [6.07, 6.45) is 2.70. The van der Waals surface area contributed by atoms with Crippen LogP contribution < -0.4 is 4.74 Å². The highest BCUT2D eigenvalue weighted by atomic mass is 16.5. The zero-order valence-corrected chi connectivity index (χ0v) is 11.2. The van der Waals surface area contributed by atoms with E-state index in [-0.39, 0.29) is 0 Å². The maximum atomic E-state index is 11.1. The molecule has 0 saturated carbocycles.